The molecule has 1 rings (SSSR count). The second-order valence-electron chi connectivity index (χ2n) is 2.81. The normalized spacial score (nSPS) is 12.6. The molecule has 76 valence electrons. The summed E-state index contributed by atoms with van der Waals surface area (Å²) in [5, 5.41) is 18.5. The maximum atomic E-state index is 10.6. The molecule has 0 heterocycles. The molecule has 1 unspecified atom stereocenters. The largest absolute Gasteiger partial charge is 0.479 e. The standard InChI is InChI=1S/C9H8Cl2O3/c1-4-5(10)2-3-6(11)7(4)8(12)9(13)14/h2-3,8,12H,1H3,(H,13,14). The number of carboxylic acid groups (broad SMARTS) is 1. The molecule has 0 radical (unpaired) electrons. The van der Waals surface area contributed by atoms with Crippen molar-refractivity contribution in [2.75, 3.05) is 0 Å². The molecule has 0 amide bonds. The van der Waals surface area contributed by atoms with E-state index in [4.69, 9.17) is 28.3 Å². The molecule has 0 aliphatic heterocycles. The molecule has 0 aliphatic rings. The Hall–Kier alpha value is -0.770. The molecule has 0 aliphatic carbocycles. The zero-order valence-electron chi connectivity index (χ0n) is 7.29. The number of aliphatic hydroxyl groups is 1. The van der Waals surface area contributed by atoms with Gasteiger partial charge >= 0.3 is 5.97 Å². The predicted octanol–water partition coefficient (Wildman–Crippen LogP) is 2.42. The molecule has 1 aromatic carbocycles. The van der Waals surface area contributed by atoms with Crippen LogP contribution in [-0.2, 0) is 4.79 Å². The van der Waals surface area contributed by atoms with Crippen LogP contribution < -0.4 is 0 Å². The van der Waals surface area contributed by atoms with Crippen LogP contribution in [0.25, 0.3) is 0 Å². The van der Waals surface area contributed by atoms with Gasteiger partial charge in [0, 0.05) is 15.6 Å². The highest BCUT2D eigenvalue weighted by Gasteiger charge is 2.22. The maximum Gasteiger partial charge on any atom is 0.337 e. The first kappa shape index (κ1) is 11.3. The Labute approximate surface area is 90.9 Å². The SMILES string of the molecule is Cc1c(Cl)ccc(Cl)c1C(O)C(=O)O. The zero-order valence-corrected chi connectivity index (χ0v) is 8.80. The highest BCUT2D eigenvalue weighted by Crippen LogP contribution is 2.31. The molecule has 0 spiro atoms. The van der Waals surface area contributed by atoms with Gasteiger partial charge in [0.1, 0.15) is 0 Å². The van der Waals surface area contributed by atoms with Crippen LogP contribution in [0, 0.1) is 6.92 Å². The average molecular weight is 235 g/mol. The van der Waals surface area contributed by atoms with Gasteiger partial charge in [-0.2, -0.15) is 0 Å². The molecule has 0 saturated carbocycles. The van der Waals surface area contributed by atoms with Crippen molar-refractivity contribution in [3.05, 3.63) is 33.3 Å². The molecular formula is C9H8Cl2O3. The van der Waals surface area contributed by atoms with Gasteiger partial charge < -0.3 is 10.2 Å². The van der Waals surface area contributed by atoms with Gasteiger partial charge in [0.05, 0.1) is 0 Å². The van der Waals surface area contributed by atoms with E-state index in [1.807, 2.05) is 0 Å². The summed E-state index contributed by atoms with van der Waals surface area (Å²) in [5.41, 5.74) is 0.626. The summed E-state index contributed by atoms with van der Waals surface area (Å²) in [6.07, 6.45) is -1.64. The van der Waals surface area contributed by atoms with Crippen molar-refractivity contribution in [1.29, 1.82) is 0 Å². The van der Waals surface area contributed by atoms with Crippen LogP contribution >= 0.6 is 23.2 Å². The first-order chi connectivity index (χ1) is 6.45. The van der Waals surface area contributed by atoms with Crippen LogP contribution in [0.5, 0.6) is 0 Å². The Bertz CT molecular complexity index is 377. The number of hydrogen-bond donors (Lipinski definition) is 2. The molecule has 1 aromatic rings. The molecule has 5 heteroatoms. The van der Waals surface area contributed by atoms with Crippen molar-refractivity contribution in [3.63, 3.8) is 0 Å². The summed E-state index contributed by atoms with van der Waals surface area (Å²) in [4.78, 5) is 10.6. The molecule has 0 saturated heterocycles. The summed E-state index contributed by atoms with van der Waals surface area (Å²) in [7, 11) is 0. The van der Waals surface area contributed by atoms with E-state index in [0.29, 0.717) is 10.6 Å². The number of carbonyl (C=O) groups is 1. The molecule has 0 bridgehead atoms. The lowest BCUT2D eigenvalue weighted by Crippen LogP contribution is -2.12. The quantitative estimate of drug-likeness (QED) is 0.827. The fraction of sp³-hybridized carbons (Fsp3) is 0.222. The number of rotatable bonds is 2. The minimum Gasteiger partial charge on any atom is -0.479 e. The molecule has 2 N–H and O–H groups in total. The Balaban J connectivity index is 3.32. The molecule has 3 nitrogen and oxygen atoms in total. The molecular weight excluding hydrogens is 227 g/mol. The van der Waals surface area contributed by atoms with Crippen LogP contribution in [0.1, 0.15) is 17.2 Å². The third-order valence-electron chi connectivity index (χ3n) is 1.90. The number of halogens is 2. The number of benzene rings is 1. The highest BCUT2D eigenvalue weighted by molar-refractivity contribution is 6.34. The first-order valence-electron chi connectivity index (χ1n) is 3.80. The average Bonchev–Trinajstić information content (AvgIpc) is 2.12. The van der Waals surface area contributed by atoms with Crippen molar-refractivity contribution in [3.8, 4) is 0 Å². The third-order valence-corrected chi connectivity index (χ3v) is 2.64. The Morgan fingerprint density at radius 2 is 1.86 bits per heavy atom. The minimum atomic E-state index is -1.64. The molecule has 14 heavy (non-hydrogen) atoms. The Morgan fingerprint density at radius 1 is 1.36 bits per heavy atom. The maximum absolute atomic E-state index is 10.6. The van der Waals surface area contributed by atoms with Crippen molar-refractivity contribution in [1.82, 2.24) is 0 Å². The second kappa shape index (κ2) is 4.17. The number of aliphatic carboxylic acids is 1. The second-order valence-corrected chi connectivity index (χ2v) is 3.62. The van der Waals surface area contributed by atoms with Gasteiger partial charge in [-0.05, 0) is 24.6 Å². The topological polar surface area (TPSA) is 57.5 Å². The Kier molecular flexibility index (Phi) is 3.37. The molecule has 1 atom stereocenters. The van der Waals surface area contributed by atoms with E-state index in [2.05, 4.69) is 0 Å². The van der Waals surface area contributed by atoms with Crippen molar-refractivity contribution in [2.45, 2.75) is 13.0 Å². The monoisotopic (exact) mass is 234 g/mol. The van der Waals surface area contributed by atoms with E-state index < -0.39 is 12.1 Å². The van der Waals surface area contributed by atoms with Crippen LogP contribution in [0.3, 0.4) is 0 Å². The van der Waals surface area contributed by atoms with E-state index in [1.54, 1.807) is 13.0 Å². The first-order valence-corrected chi connectivity index (χ1v) is 4.56. The van der Waals surface area contributed by atoms with Gasteiger partial charge in [-0.1, -0.05) is 23.2 Å². The lowest BCUT2D eigenvalue weighted by Gasteiger charge is -2.12. The highest BCUT2D eigenvalue weighted by atomic mass is 35.5. The third kappa shape index (κ3) is 2.00. The fourth-order valence-electron chi connectivity index (χ4n) is 1.13. The smallest absolute Gasteiger partial charge is 0.337 e. The number of aliphatic hydroxyl groups excluding tert-OH is 1. The van der Waals surface area contributed by atoms with E-state index in [9.17, 15) is 9.90 Å². The van der Waals surface area contributed by atoms with Crippen LogP contribution in [0.2, 0.25) is 10.0 Å². The van der Waals surface area contributed by atoms with Gasteiger partial charge in [0.25, 0.3) is 0 Å². The van der Waals surface area contributed by atoms with E-state index in [1.165, 1.54) is 6.07 Å². The van der Waals surface area contributed by atoms with Gasteiger partial charge in [-0.25, -0.2) is 4.79 Å². The molecule has 0 aromatic heterocycles. The van der Waals surface area contributed by atoms with Crippen molar-refractivity contribution in [2.24, 2.45) is 0 Å². The lowest BCUT2D eigenvalue weighted by molar-refractivity contribution is -0.147. The van der Waals surface area contributed by atoms with Gasteiger partial charge in [0.15, 0.2) is 6.10 Å². The van der Waals surface area contributed by atoms with E-state index in [-0.39, 0.29) is 10.6 Å². The summed E-state index contributed by atoms with van der Waals surface area (Å²) < 4.78 is 0. The van der Waals surface area contributed by atoms with Crippen molar-refractivity contribution >= 4 is 29.2 Å². The van der Waals surface area contributed by atoms with Crippen LogP contribution in [-0.4, -0.2) is 16.2 Å². The predicted molar refractivity (Wildman–Crippen MR) is 53.8 cm³/mol. The Morgan fingerprint density at radius 3 is 2.36 bits per heavy atom. The summed E-state index contributed by atoms with van der Waals surface area (Å²) >= 11 is 11.5. The molecule has 0 fully saturated rings. The minimum absolute atomic E-state index is 0.145. The van der Waals surface area contributed by atoms with Gasteiger partial charge in [0.2, 0.25) is 0 Å². The van der Waals surface area contributed by atoms with Crippen LogP contribution in [0.4, 0.5) is 0 Å². The summed E-state index contributed by atoms with van der Waals surface area (Å²) in [6.45, 7) is 1.61. The van der Waals surface area contributed by atoms with Crippen molar-refractivity contribution < 1.29 is 15.0 Å². The number of hydrogen-bond acceptors (Lipinski definition) is 2. The summed E-state index contributed by atoms with van der Waals surface area (Å²) in [5.74, 6) is -1.35. The van der Waals surface area contributed by atoms with E-state index in [0.717, 1.165) is 0 Å². The number of carboxylic acids is 1. The van der Waals surface area contributed by atoms with Crippen LogP contribution in [0.15, 0.2) is 12.1 Å². The van der Waals surface area contributed by atoms with Gasteiger partial charge in [-0.3, -0.25) is 0 Å². The van der Waals surface area contributed by atoms with E-state index >= 15 is 0 Å². The fourth-order valence-corrected chi connectivity index (χ4v) is 1.60. The summed E-state index contributed by atoms with van der Waals surface area (Å²) in [6, 6.07) is 3.01. The van der Waals surface area contributed by atoms with Gasteiger partial charge in [-0.15, -0.1) is 0 Å². The lowest BCUT2D eigenvalue weighted by atomic mass is 10.0. The zero-order chi connectivity index (χ0) is 10.9.